The average Bonchev–Trinajstić information content (AvgIpc) is 2.26. The maximum Gasteiger partial charge on any atom is 0.110 e. The second-order valence-electron chi connectivity index (χ2n) is 4.28. The molecule has 4 heteroatoms. The van der Waals surface area contributed by atoms with Crippen molar-refractivity contribution in [2.75, 3.05) is 33.8 Å². The van der Waals surface area contributed by atoms with Crippen molar-refractivity contribution in [2.45, 2.75) is 38.7 Å². The van der Waals surface area contributed by atoms with E-state index in [9.17, 15) is 0 Å². The first-order valence-electron chi connectivity index (χ1n) is 5.79. The summed E-state index contributed by atoms with van der Waals surface area (Å²) in [5.74, 6) is 0. The number of morpholine rings is 1. The van der Waals surface area contributed by atoms with Crippen LogP contribution in [0.3, 0.4) is 0 Å². The summed E-state index contributed by atoms with van der Waals surface area (Å²) in [5.41, 5.74) is 0. The largest absolute Gasteiger partial charge is 0.373 e. The van der Waals surface area contributed by atoms with Crippen LogP contribution in [-0.2, 0) is 9.47 Å². The van der Waals surface area contributed by atoms with Crippen molar-refractivity contribution >= 4 is 0 Å². The van der Waals surface area contributed by atoms with Crippen molar-refractivity contribution in [1.29, 1.82) is 0 Å². The summed E-state index contributed by atoms with van der Waals surface area (Å²) in [7, 11) is 4.09. The summed E-state index contributed by atoms with van der Waals surface area (Å²) >= 11 is 0. The molecule has 1 heterocycles. The van der Waals surface area contributed by atoms with Gasteiger partial charge in [-0.15, -0.1) is 0 Å². The fourth-order valence-electron chi connectivity index (χ4n) is 1.81. The molecular formula is C11H24N2O2. The van der Waals surface area contributed by atoms with Gasteiger partial charge < -0.3 is 14.8 Å². The normalized spacial score (nSPS) is 26.6. The third kappa shape index (κ3) is 4.07. The molecule has 0 aromatic rings. The van der Waals surface area contributed by atoms with Gasteiger partial charge in [0.05, 0.1) is 18.8 Å². The highest BCUT2D eigenvalue weighted by Crippen LogP contribution is 2.11. The van der Waals surface area contributed by atoms with Gasteiger partial charge in [0.25, 0.3) is 0 Å². The molecule has 4 nitrogen and oxygen atoms in total. The molecule has 90 valence electrons. The fourth-order valence-corrected chi connectivity index (χ4v) is 1.81. The third-order valence-electron chi connectivity index (χ3n) is 2.78. The van der Waals surface area contributed by atoms with E-state index in [1.807, 2.05) is 14.1 Å². The van der Waals surface area contributed by atoms with Crippen LogP contribution in [0.2, 0.25) is 0 Å². The molecule has 1 saturated heterocycles. The number of nitrogens with zero attached hydrogens (tertiary/aromatic N) is 1. The highest BCUT2D eigenvalue weighted by Gasteiger charge is 2.24. The van der Waals surface area contributed by atoms with Crippen LogP contribution >= 0.6 is 0 Å². The molecule has 1 fully saturated rings. The highest BCUT2D eigenvalue weighted by molar-refractivity contribution is 4.74. The van der Waals surface area contributed by atoms with Gasteiger partial charge in [0.2, 0.25) is 0 Å². The monoisotopic (exact) mass is 216 g/mol. The Labute approximate surface area is 92.9 Å². The molecule has 1 aliphatic heterocycles. The molecule has 0 saturated carbocycles. The van der Waals surface area contributed by atoms with Crippen LogP contribution in [0.5, 0.6) is 0 Å². The van der Waals surface area contributed by atoms with Gasteiger partial charge in [-0.2, -0.15) is 0 Å². The number of hydrogen-bond acceptors (Lipinski definition) is 4. The van der Waals surface area contributed by atoms with Crippen LogP contribution in [0.1, 0.15) is 20.3 Å². The first-order valence-corrected chi connectivity index (χ1v) is 5.79. The van der Waals surface area contributed by atoms with E-state index in [1.165, 1.54) is 0 Å². The second-order valence-corrected chi connectivity index (χ2v) is 4.28. The van der Waals surface area contributed by atoms with E-state index < -0.39 is 0 Å². The Morgan fingerprint density at radius 1 is 1.53 bits per heavy atom. The van der Waals surface area contributed by atoms with E-state index in [0.717, 1.165) is 26.1 Å². The fraction of sp³-hybridized carbons (Fsp3) is 1.00. The van der Waals surface area contributed by atoms with Gasteiger partial charge in [-0.3, -0.25) is 4.90 Å². The van der Waals surface area contributed by atoms with E-state index in [2.05, 4.69) is 24.1 Å². The van der Waals surface area contributed by atoms with Crippen LogP contribution in [0.25, 0.3) is 0 Å². The van der Waals surface area contributed by atoms with Crippen LogP contribution in [0, 0.1) is 0 Å². The molecule has 1 aliphatic rings. The summed E-state index contributed by atoms with van der Waals surface area (Å²) in [6.07, 6.45) is 1.51. The van der Waals surface area contributed by atoms with Gasteiger partial charge in [0.15, 0.2) is 0 Å². The molecule has 0 spiro atoms. The first kappa shape index (κ1) is 12.9. The lowest BCUT2D eigenvalue weighted by molar-refractivity contribution is -0.137. The molecule has 0 amide bonds. The maximum absolute atomic E-state index is 5.96. The van der Waals surface area contributed by atoms with E-state index in [-0.39, 0.29) is 18.4 Å². The molecule has 0 bridgehead atoms. The average molecular weight is 216 g/mol. The Hall–Kier alpha value is -0.160. The zero-order chi connectivity index (χ0) is 11.3. The van der Waals surface area contributed by atoms with Crippen molar-refractivity contribution < 1.29 is 9.47 Å². The molecule has 3 unspecified atom stereocenters. The quantitative estimate of drug-likeness (QED) is 0.685. The van der Waals surface area contributed by atoms with Gasteiger partial charge in [0.1, 0.15) is 6.23 Å². The number of ether oxygens (including phenoxy) is 2. The lowest BCUT2D eigenvalue weighted by Gasteiger charge is -2.33. The minimum Gasteiger partial charge on any atom is -0.373 e. The van der Waals surface area contributed by atoms with Gasteiger partial charge in [0, 0.05) is 13.1 Å². The van der Waals surface area contributed by atoms with E-state index in [4.69, 9.17) is 9.47 Å². The highest BCUT2D eigenvalue weighted by atomic mass is 16.6. The van der Waals surface area contributed by atoms with E-state index >= 15 is 0 Å². The molecule has 0 aromatic carbocycles. The SMILES string of the molecule is CCC(OC(C)C1CNCCO1)N(C)C. The minimum atomic E-state index is 0.144. The molecule has 0 radical (unpaired) electrons. The summed E-state index contributed by atoms with van der Waals surface area (Å²) in [4.78, 5) is 2.10. The molecule has 0 aromatic heterocycles. The molecule has 0 aliphatic carbocycles. The van der Waals surface area contributed by atoms with Crippen LogP contribution in [-0.4, -0.2) is 57.1 Å². The lowest BCUT2D eigenvalue weighted by Crippen LogP contribution is -2.47. The molecule has 1 rings (SSSR count). The smallest absolute Gasteiger partial charge is 0.110 e. The van der Waals surface area contributed by atoms with E-state index in [0.29, 0.717) is 0 Å². The zero-order valence-corrected chi connectivity index (χ0v) is 10.3. The van der Waals surface area contributed by atoms with Crippen molar-refractivity contribution in [1.82, 2.24) is 10.2 Å². The van der Waals surface area contributed by atoms with Crippen molar-refractivity contribution in [3.8, 4) is 0 Å². The molecular weight excluding hydrogens is 192 g/mol. The third-order valence-corrected chi connectivity index (χ3v) is 2.78. The predicted octanol–water partition coefficient (Wildman–Crippen LogP) is 0.678. The van der Waals surface area contributed by atoms with Gasteiger partial charge in [-0.1, -0.05) is 6.92 Å². The van der Waals surface area contributed by atoms with Crippen LogP contribution in [0.4, 0.5) is 0 Å². The van der Waals surface area contributed by atoms with Crippen molar-refractivity contribution in [3.05, 3.63) is 0 Å². The molecule has 15 heavy (non-hydrogen) atoms. The standard InChI is InChI=1S/C11H24N2O2/c1-5-11(13(3)4)15-9(2)10-8-12-6-7-14-10/h9-12H,5-8H2,1-4H3. The Bertz CT molecular complexity index is 170. The van der Waals surface area contributed by atoms with Crippen LogP contribution in [0.15, 0.2) is 0 Å². The minimum absolute atomic E-state index is 0.144. The summed E-state index contributed by atoms with van der Waals surface area (Å²) in [6, 6.07) is 0. The number of nitrogens with one attached hydrogen (secondary N) is 1. The Morgan fingerprint density at radius 2 is 2.27 bits per heavy atom. The molecule has 1 N–H and O–H groups in total. The second kappa shape index (κ2) is 6.43. The van der Waals surface area contributed by atoms with Gasteiger partial charge in [-0.05, 0) is 27.4 Å². The number of rotatable bonds is 5. The van der Waals surface area contributed by atoms with E-state index in [1.54, 1.807) is 0 Å². The Balaban J connectivity index is 2.34. The predicted molar refractivity (Wildman–Crippen MR) is 60.9 cm³/mol. The van der Waals surface area contributed by atoms with Gasteiger partial charge >= 0.3 is 0 Å². The Kier molecular flexibility index (Phi) is 5.53. The van der Waals surface area contributed by atoms with Crippen molar-refractivity contribution in [2.24, 2.45) is 0 Å². The van der Waals surface area contributed by atoms with Crippen LogP contribution < -0.4 is 5.32 Å². The lowest BCUT2D eigenvalue weighted by atomic mass is 10.2. The summed E-state index contributed by atoms with van der Waals surface area (Å²) in [5, 5.41) is 3.32. The molecule has 3 atom stereocenters. The van der Waals surface area contributed by atoms with Crippen molar-refractivity contribution in [3.63, 3.8) is 0 Å². The zero-order valence-electron chi connectivity index (χ0n) is 10.3. The summed E-state index contributed by atoms with van der Waals surface area (Å²) in [6.45, 7) is 6.86. The maximum atomic E-state index is 5.96. The topological polar surface area (TPSA) is 33.7 Å². The Morgan fingerprint density at radius 3 is 2.73 bits per heavy atom. The first-order chi connectivity index (χ1) is 7.15. The van der Waals surface area contributed by atoms with Gasteiger partial charge in [-0.25, -0.2) is 0 Å². The number of hydrogen-bond donors (Lipinski definition) is 1. The summed E-state index contributed by atoms with van der Waals surface area (Å²) < 4.78 is 11.6.